The first-order chi connectivity index (χ1) is 14.3. The van der Waals surface area contributed by atoms with E-state index in [9.17, 15) is 4.79 Å². The number of nitrogens with zero attached hydrogens (tertiary/aromatic N) is 6. The highest BCUT2D eigenvalue weighted by Crippen LogP contribution is 2.38. The molecule has 8 nitrogen and oxygen atoms in total. The number of pyridine rings is 1. The van der Waals surface area contributed by atoms with Gasteiger partial charge in [-0.15, -0.1) is 10.2 Å². The number of likely N-dealkylation sites (tertiary alicyclic amines) is 1. The van der Waals surface area contributed by atoms with Crippen LogP contribution in [0.15, 0.2) is 18.3 Å². The zero-order valence-electron chi connectivity index (χ0n) is 16.8. The Balaban J connectivity index is 1.15. The van der Waals surface area contributed by atoms with Gasteiger partial charge in [-0.3, -0.25) is 4.79 Å². The van der Waals surface area contributed by atoms with Crippen LogP contribution in [0.5, 0.6) is 0 Å². The third-order valence-corrected chi connectivity index (χ3v) is 7.19. The molecule has 2 saturated heterocycles. The van der Waals surface area contributed by atoms with E-state index < -0.39 is 0 Å². The molecule has 1 saturated carbocycles. The number of aromatic amines is 1. The quantitative estimate of drug-likeness (QED) is 0.859. The van der Waals surface area contributed by atoms with Gasteiger partial charge in [-0.2, -0.15) is 5.21 Å². The minimum atomic E-state index is 0.169. The minimum absolute atomic E-state index is 0.169. The van der Waals surface area contributed by atoms with Crippen LogP contribution in [-0.4, -0.2) is 62.6 Å². The van der Waals surface area contributed by atoms with E-state index in [0.717, 1.165) is 62.2 Å². The third kappa shape index (κ3) is 3.84. The molecule has 1 N–H and O–H groups in total. The van der Waals surface area contributed by atoms with Crippen LogP contribution in [0.1, 0.15) is 44.9 Å². The molecule has 4 heterocycles. The molecule has 2 atom stereocenters. The Labute approximate surface area is 171 Å². The lowest BCUT2D eigenvalue weighted by Gasteiger charge is -2.34. The molecule has 3 fully saturated rings. The van der Waals surface area contributed by atoms with Gasteiger partial charge in [0.2, 0.25) is 11.7 Å². The van der Waals surface area contributed by atoms with Crippen molar-refractivity contribution in [2.75, 3.05) is 31.1 Å². The number of tetrazole rings is 1. The van der Waals surface area contributed by atoms with Crippen LogP contribution < -0.4 is 4.90 Å². The Bertz CT molecular complexity index is 800. The summed E-state index contributed by atoms with van der Waals surface area (Å²) in [5.41, 5.74) is 0.846. The predicted octanol–water partition coefficient (Wildman–Crippen LogP) is 2.52. The molecule has 2 aromatic heterocycles. The molecular weight excluding hydrogens is 366 g/mol. The Morgan fingerprint density at radius 1 is 0.966 bits per heavy atom. The van der Waals surface area contributed by atoms with Gasteiger partial charge in [0.25, 0.3) is 0 Å². The molecule has 154 valence electrons. The van der Waals surface area contributed by atoms with E-state index in [1.807, 2.05) is 12.1 Å². The van der Waals surface area contributed by atoms with Crippen LogP contribution >= 0.6 is 0 Å². The zero-order chi connectivity index (χ0) is 19.6. The Morgan fingerprint density at radius 3 is 2.34 bits per heavy atom. The average molecular weight is 396 g/mol. The molecule has 0 spiro atoms. The number of amides is 1. The fourth-order valence-electron chi connectivity index (χ4n) is 5.45. The molecule has 8 heteroatoms. The molecule has 2 unspecified atom stereocenters. The maximum Gasteiger partial charge on any atom is 0.225 e. The molecule has 3 aliphatic rings. The number of fused-ring (bicyclic) bond motifs is 1. The van der Waals surface area contributed by atoms with E-state index in [0.29, 0.717) is 11.7 Å². The van der Waals surface area contributed by atoms with Crippen molar-refractivity contribution in [3.63, 3.8) is 0 Å². The predicted molar refractivity (Wildman–Crippen MR) is 109 cm³/mol. The van der Waals surface area contributed by atoms with Gasteiger partial charge < -0.3 is 9.80 Å². The second-order valence-electron chi connectivity index (χ2n) is 8.76. The third-order valence-electron chi connectivity index (χ3n) is 7.19. The number of nitrogens with one attached hydrogen (secondary N) is 1. The van der Waals surface area contributed by atoms with Crippen LogP contribution in [-0.2, 0) is 4.79 Å². The smallest absolute Gasteiger partial charge is 0.225 e. The monoisotopic (exact) mass is 395 g/mol. The molecular formula is C21H29N7O. The lowest BCUT2D eigenvalue weighted by atomic mass is 9.92. The summed E-state index contributed by atoms with van der Waals surface area (Å²) in [6.07, 6.45) is 10.2. The first-order valence-electron chi connectivity index (χ1n) is 11.0. The highest BCUT2D eigenvalue weighted by molar-refractivity contribution is 5.79. The van der Waals surface area contributed by atoms with Gasteiger partial charge in [0, 0.05) is 43.9 Å². The summed E-state index contributed by atoms with van der Waals surface area (Å²) in [7, 11) is 0. The summed E-state index contributed by atoms with van der Waals surface area (Å²) in [6, 6.07) is 3.97. The van der Waals surface area contributed by atoms with Crippen molar-refractivity contribution in [3.8, 4) is 11.4 Å². The van der Waals surface area contributed by atoms with Crippen molar-refractivity contribution in [2.45, 2.75) is 44.9 Å². The van der Waals surface area contributed by atoms with Crippen LogP contribution in [0.4, 0.5) is 5.82 Å². The van der Waals surface area contributed by atoms with Gasteiger partial charge in [-0.25, -0.2) is 4.98 Å². The van der Waals surface area contributed by atoms with Crippen molar-refractivity contribution < 1.29 is 4.79 Å². The van der Waals surface area contributed by atoms with Crippen molar-refractivity contribution in [1.29, 1.82) is 0 Å². The van der Waals surface area contributed by atoms with Gasteiger partial charge >= 0.3 is 0 Å². The first kappa shape index (κ1) is 18.5. The molecule has 1 aliphatic carbocycles. The largest absolute Gasteiger partial charge is 0.357 e. The Kier molecular flexibility index (Phi) is 5.16. The number of carbonyl (C=O) groups is 1. The van der Waals surface area contributed by atoms with Crippen LogP contribution in [0, 0.1) is 17.8 Å². The number of anilines is 1. The second-order valence-corrected chi connectivity index (χ2v) is 8.76. The lowest BCUT2D eigenvalue weighted by Crippen LogP contribution is -2.43. The molecule has 29 heavy (non-hydrogen) atoms. The van der Waals surface area contributed by atoms with Crippen LogP contribution in [0.2, 0.25) is 0 Å². The van der Waals surface area contributed by atoms with E-state index in [2.05, 4.69) is 35.4 Å². The summed E-state index contributed by atoms with van der Waals surface area (Å²) in [6.45, 7) is 3.70. The van der Waals surface area contributed by atoms with Gasteiger partial charge in [0.1, 0.15) is 5.82 Å². The number of rotatable bonds is 3. The molecule has 0 aromatic carbocycles. The lowest BCUT2D eigenvalue weighted by molar-refractivity contribution is -0.136. The summed E-state index contributed by atoms with van der Waals surface area (Å²) < 4.78 is 0. The SMILES string of the molecule is O=C(C1CCN(c2ccc(-c3nn[nH]n3)cn2)CC1)N1CCC2CCCC2CC1. The molecule has 0 bridgehead atoms. The fourth-order valence-corrected chi connectivity index (χ4v) is 5.45. The standard InChI is InChI=1S/C21H29N7O/c29-21(28-12-6-15-2-1-3-16(15)7-13-28)17-8-10-27(11-9-17)19-5-4-18(14-22-19)20-23-25-26-24-20/h4-5,14-17H,1-3,6-13H2,(H,23,24,25,26). The minimum Gasteiger partial charge on any atom is -0.357 e. The Hall–Kier alpha value is -2.51. The number of aromatic nitrogens is 5. The maximum atomic E-state index is 13.1. The highest BCUT2D eigenvalue weighted by atomic mass is 16.2. The normalized spacial score (nSPS) is 25.7. The van der Waals surface area contributed by atoms with Crippen LogP contribution in [0.3, 0.4) is 0 Å². The van der Waals surface area contributed by atoms with Gasteiger partial charge in [-0.05, 0) is 54.9 Å². The number of hydrogen-bond donors (Lipinski definition) is 1. The summed E-state index contributed by atoms with van der Waals surface area (Å²) in [5, 5.41) is 14.0. The summed E-state index contributed by atoms with van der Waals surface area (Å²) in [4.78, 5) is 22.1. The Morgan fingerprint density at radius 2 is 1.72 bits per heavy atom. The van der Waals surface area contributed by atoms with Crippen LogP contribution in [0.25, 0.3) is 11.4 Å². The van der Waals surface area contributed by atoms with Crippen molar-refractivity contribution in [2.24, 2.45) is 17.8 Å². The number of H-pyrrole nitrogens is 1. The average Bonchev–Trinajstić information content (AvgIpc) is 3.43. The van der Waals surface area contributed by atoms with Gasteiger partial charge in [-0.1, -0.05) is 19.3 Å². The first-order valence-corrected chi connectivity index (χ1v) is 11.0. The van der Waals surface area contributed by atoms with E-state index in [-0.39, 0.29) is 5.92 Å². The van der Waals surface area contributed by atoms with E-state index in [1.165, 1.54) is 32.1 Å². The van der Waals surface area contributed by atoms with Gasteiger partial charge in [0.15, 0.2) is 0 Å². The molecule has 2 aliphatic heterocycles. The summed E-state index contributed by atoms with van der Waals surface area (Å²) >= 11 is 0. The fraction of sp³-hybridized carbons (Fsp3) is 0.667. The topological polar surface area (TPSA) is 90.9 Å². The van der Waals surface area contributed by atoms with Crippen molar-refractivity contribution >= 4 is 11.7 Å². The second kappa shape index (κ2) is 8.08. The highest BCUT2D eigenvalue weighted by Gasteiger charge is 2.34. The number of piperidine rings is 1. The van der Waals surface area contributed by atoms with E-state index in [4.69, 9.17) is 0 Å². The zero-order valence-corrected chi connectivity index (χ0v) is 16.8. The van der Waals surface area contributed by atoms with E-state index >= 15 is 0 Å². The molecule has 1 amide bonds. The number of hydrogen-bond acceptors (Lipinski definition) is 6. The van der Waals surface area contributed by atoms with E-state index in [1.54, 1.807) is 6.20 Å². The molecule has 5 rings (SSSR count). The van der Waals surface area contributed by atoms with Crippen molar-refractivity contribution in [1.82, 2.24) is 30.5 Å². The maximum absolute atomic E-state index is 13.1. The summed E-state index contributed by atoms with van der Waals surface area (Å²) in [5.74, 6) is 3.81. The number of carbonyl (C=O) groups excluding carboxylic acids is 1. The molecule has 2 aromatic rings. The van der Waals surface area contributed by atoms with Gasteiger partial charge in [0.05, 0.1) is 0 Å². The van der Waals surface area contributed by atoms with Crippen molar-refractivity contribution in [3.05, 3.63) is 18.3 Å². The molecule has 0 radical (unpaired) electrons.